The largest absolute Gasteiger partial charge is 0.414 e. The van der Waals surface area contributed by atoms with Gasteiger partial charge >= 0.3 is 0 Å². The second-order valence-corrected chi connectivity index (χ2v) is 10.9. The van der Waals surface area contributed by atoms with E-state index in [2.05, 4.69) is 47.7 Å². The smallest absolute Gasteiger partial charge is 0.192 e. The fraction of sp³-hybridized carbons (Fsp3) is 1.00. The molecule has 0 aromatic carbocycles. The number of hydrogen-bond donors (Lipinski definition) is 1. The number of aliphatic hydroxyl groups is 1. The number of hydrogen-bond acceptors (Lipinski definition) is 2. The van der Waals surface area contributed by atoms with Crippen LogP contribution in [-0.2, 0) is 4.43 Å². The van der Waals surface area contributed by atoms with Crippen molar-refractivity contribution < 1.29 is 9.53 Å². The van der Waals surface area contributed by atoms with E-state index >= 15 is 0 Å². The van der Waals surface area contributed by atoms with Crippen molar-refractivity contribution in [2.75, 3.05) is 0 Å². The Labute approximate surface area is 103 Å². The second-order valence-electron chi connectivity index (χ2n) is 6.40. The molecule has 0 aromatic rings. The topological polar surface area (TPSA) is 29.5 Å². The van der Waals surface area contributed by atoms with Crippen LogP contribution in [-0.4, -0.2) is 25.6 Å². The molecule has 0 heterocycles. The van der Waals surface area contributed by atoms with E-state index in [1.807, 2.05) is 6.92 Å². The summed E-state index contributed by atoms with van der Waals surface area (Å²) in [4.78, 5) is 0. The predicted molar refractivity (Wildman–Crippen MR) is 73.2 cm³/mol. The maximum atomic E-state index is 9.37. The maximum Gasteiger partial charge on any atom is 0.192 e. The minimum Gasteiger partial charge on any atom is -0.414 e. The lowest BCUT2D eigenvalue weighted by Crippen LogP contribution is -2.47. The summed E-state index contributed by atoms with van der Waals surface area (Å²) in [6.07, 6.45) is 0.603. The zero-order chi connectivity index (χ0) is 13.1. The van der Waals surface area contributed by atoms with Crippen LogP contribution in [0.4, 0.5) is 0 Å². The third-order valence-corrected chi connectivity index (χ3v) is 8.84. The lowest BCUT2D eigenvalue weighted by molar-refractivity contribution is 0.104. The second kappa shape index (κ2) is 5.65. The third kappa shape index (κ3) is 4.19. The molecule has 0 aliphatic rings. The molecule has 0 radical (unpaired) electrons. The molecule has 0 amide bonds. The summed E-state index contributed by atoms with van der Waals surface area (Å²) in [5, 5.41) is 9.62. The molecular weight excluding hydrogens is 216 g/mol. The van der Waals surface area contributed by atoms with Gasteiger partial charge in [-0.05, 0) is 44.3 Å². The number of aliphatic hydroxyl groups excluding tert-OH is 1. The van der Waals surface area contributed by atoms with E-state index in [0.29, 0.717) is 5.92 Å². The summed E-state index contributed by atoms with van der Waals surface area (Å²) in [6.45, 7) is 17.6. The van der Waals surface area contributed by atoms with Crippen molar-refractivity contribution in [3.8, 4) is 0 Å². The van der Waals surface area contributed by atoms with Crippen molar-refractivity contribution in [1.82, 2.24) is 0 Å². The zero-order valence-corrected chi connectivity index (χ0v) is 13.3. The molecule has 0 rings (SSSR count). The van der Waals surface area contributed by atoms with Gasteiger partial charge in [-0.3, -0.25) is 0 Å². The highest BCUT2D eigenvalue weighted by Crippen LogP contribution is 2.45. The number of rotatable bonds is 6. The van der Waals surface area contributed by atoms with E-state index in [1.165, 1.54) is 0 Å². The molecule has 0 aliphatic carbocycles. The van der Waals surface area contributed by atoms with Crippen LogP contribution < -0.4 is 0 Å². The van der Waals surface area contributed by atoms with E-state index in [1.54, 1.807) is 0 Å². The van der Waals surface area contributed by atoms with Gasteiger partial charge in [-0.15, -0.1) is 0 Å². The van der Waals surface area contributed by atoms with Crippen molar-refractivity contribution in [3.63, 3.8) is 0 Å². The third-order valence-electron chi connectivity index (χ3n) is 4.16. The summed E-state index contributed by atoms with van der Waals surface area (Å²) in [5.41, 5.74) is 0. The Kier molecular flexibility index (Phi) is 5.70. The molecule has 2 nitrogen and oxygen atoms in total. The molecule has 2 unspecified atom stereocenters. The predicted octanol–water partition coefficient (Wildman–Crippen LogP) is 3.80. The van der Waals surface area contributed by atoms with Crippen LogP contribution in [0.1, 0.15) is 48.0 Å². The fourth-order valence-electron chi connectivity index (χ4n) is 1.88. The highest BCUT2D eigenvalue weighted by molar-refractivity contribution is 6.74. The first-order chi connectivity index (χ1) is 7.00. The molecule has 1 N–H and O–H groups in total. The SMILES string of the molecule is CC(O)CC(C)O[Si](C)(C)C(C)(C)C(C)C. The molecule has 2 atom stereocenters. The standard InChI is InChI=1S/C13H30O2Si/c1-10(2)13(5,6)16(7,8)15-12(4)9-11(3)14/h10-12,14H,9H2,1-8H3. The average molecular weight is 246 g/mol. The van der Waals surface area contributed by atoms with Crippen molar-refractivity contribution in [3.05, 3.63) is 0 Å². The van der Waals surface area contributed by atoms with Crippen molar-refractivity contribution in [2.24, 2.45) is 5.92 Å². The molecule has 0 aliphatic heterocycles. The molecule has 98 valence electrons. The first kappa shape index (κ1) is 16.1. The van der Waals surface area contributed by atoms with Crippen LogP contribution in [0.3, 0.4) is 0 Å². The lowest BCUT2D eigenvalue weighted by Gasteiger charge is -2.44. The van der Waals surface area contributed by atoms with Gasteiger partial charge < -0.3 is 9.53 Å². The molecule has 0 spiro atoms. The maximum absolute atomic E-state index is 9.37. The van der Waals surface area contributed by atoms with Gasteiger partial charge in [-0.1, -0.05) is 27.7 Å². The van der Waals surface area contributed by atoms with Gasteiger partial charge in [0.2, 0.25) is 0 Å². The monoisotopic (exact) mass is 246 g/mol. The molecule has 0 saturated carbocycles. The normalized spacial score (nSPS) is 17.6. The molecule has 0 bridgehead atoms. The fourth-order valence-corrected chi connectivity index (χ4v) is 4.67. The van der Waals surface area contributed by atoms with E-state index < -0.39 is 8.32 Å². The summed E-state index contributed by atoms with van der Waals surface area (Å²) in [5.74, 6) is 0.618. The van der Waals surface area contributed by atoms with Crippen LogP contribution in [0, 0.1) is 5.92 Å². The first-order valence-electron chi connectivity index (χ1n) is 6.36. The Hall–Kier alpha value is 0.137. The van der Waals surface area contributed by atoms with Crippen LogP contribution in [0.5, 0.6) is 0 Å². The highest BCUT2D eigenvalue weighted by atomic mass is 28.4. The Balaban J connectivity index is 4.56. The van der Waals surface area contributed by atoms with Gasteiger partial charge in [0, 0.05) is 6.10 Å². The van der Waals surface area contributed by atoms with Gasteiger partial charge in [0.15, 0.2) is 8.32 Å². The molecule has 0 aromatic heterocycles. The Morgan fingerprint density at radius 2 is 1.56 bits per heavy atom. The van der Waals surface area contributed by atoms with Gasteiger partial charge in [0.1, 0.15) is 0 Å². The molecular formula is C13H30O2Si. The van der Waals surface area contributed by atoms with Gasteiger partial charge in [-0.25, -0.2) is 0 Å². The summed E-state index contributed by atoms with van der Waals surface area (Å²) in [7, 11) is -1.74. The van der Waals surface area contributed by atoms with Gasteiger partial charge in [0.25, 0.3) is 0 Å². The molecule has 0 saturated heterocycles. The molecule has 3 heteroatoms. The van der Waals surface area contributed by atoms with E-state index in [4.69, 9.17) is 4.43 Å². The van der Waals surface area contributed by atoms with Crippen LogP contribution in [0.25, 0.3) is 0 Å². The molecule has 0 fully saturated rings. The Morgan fingerprint density at radius 1 is 1.12 bits per heavy atom. The molecule has 16 heavy (non-hydrogen) atoms. The summed E-state index contributed by atoms with van der Waals surface area (Å²) < 4.78 is 6.25. The summed E-state index contributed by atoms with van der Waals surface area (Å²) >= 11 is 0. The Morgan fingerprint density at radius 3 is 1.88 bits per heavy atom. The van der Waals surface area contributed by atoms with Crippen molar-refractivity contribution in [1.29, 1.82) is 0 Å². The quantitative estimate of drug-likeness (QED) is 0.722. The van der Waals surface area contributed by atoms with Crippen LogP contribution in [0.15, 0.2) is 0 Å². The van der Waals surface area contributed by atoms with Crippen LogP contribution in [0.2, 0.25) is 18.1 Å². The van der Waals surface area contributed by atoms with Crippen molar-refractivity contribution in [2.45, 2.75) is 78.3 Å². The van der Waals surface area contributed by atoms with E-state index in [-0.39, 0.29) is 17.2 Å². The van der Waals surface area contributed by atoms with Gasteiger partial charge in [0.05, 0.1) is 6.10 Å². The van der Waals surface area contributed by atoms with E-state index in [0.717, 1.165) is 6.42 Å². The average Bonchev–Trinajstić information content (AvgIpc) is 1.99. The lowest BCUT2D eigenvalue weighted by atomic mass is 9.99. The van der Waals surface area contributed by atoms with Crippen molar-refractivity contribution >= 4 is 8.32 Å². The minimum atomic E-state index is -1.74. The highest BCUT2D eigenvalue weighted by Gasteiger charge is 2.44. The minimum absolute atomic E-state index is 0.152. The first-order valence-corrected chi connectivity index (χ1v) is 9.27. The van der Waals surface area contributed by atoms with E-state index in [9.17, 15) is 5.11 Å². The van der Waals surface area contributed by atoms with Gasteiger partial charge in [-0.2, -0.15) is 0 Å². The zero-order valence-electron chi connectivity index (χ0n) is 12.3. The van der Waals surface area contributed by atoms with Crippen LogP contribution >= 0.6 is 0 Å². The Bertz CT molecular complexity index is 210. The summed E-state index contributed by atoms with van der Waals surface area (Å²) in [6, 6.07) is 0.